The van der Waals surface area contributed by atoms with Gasteiger partial charge in [-0.2, -0.15) is 0 Å². The lowest BCUT2D eigenvalue weighted by molar-refractivity contribution is 0.244. The van der Waals surface area contributed by atoms with Crippen LogP contribution in [0.5, 0.6) is 0 Å². The van der Waals surface area contributed by atoms with Crippen LogP contribution in [0, 0.1) is 41.4 Å². The molecule has 0 heteroatoms. The summed E-state index contributed by atoms with van der Waals surface area (Å²) in [5, 5.41) is 0. The molecule has 1 aliphatic rings. The molecule has 0 nitrogen and oxygen atoms in total. The first-order valence-corrected chi connectivity index (χ1v) is 9.51. The van der Waals surface area contributed by atoms with E-state index in [1.54, 1.807) is 0 Å². The quantitative estimate of drug-likeness (QED) is 0.413. The first-order chi connectivity index (χ1) is 9.51. The molecule has 0 amide bonds. The molecule has 0 aliphatic heterocycles. The van der Waals surface area contributed by atoms with Gasteiger partial charge in [0.15, 0.2) is 0 Å². The van der Waals surface area contributed by atoms with E-state index in [4.69, 9.17) is 0 Å². The van der Waals surface area contributed by atoms with E-state index >= 15 is 0 Å². The Labute approximate surface area is 129 Å². The Kier molecular flexibility index (Phi) is 7.62. The van der Waals surface area contributed by atoms with E-state index in [1.807, 2.05) is 0 Å². The molecule has 7 unspecified atom stereocenters. The molecule has 0 heterocycles. The monoisotopic (exact) mass is 280 g/mol. The highest BCUT2D eigenvalue weighted by atomic mass is 14.6. The highest BCUT2D eigenvalue weighted by Gasteiger charge is 2.52. The van der Waals surface area contributed by atoms with Gasteiger partial charge in [-0.05, 0) is 47.8 Å². The molecule has 7 atom stereocenters. The third kappa shape index (κ3) is 4.25. The van der Waals surface area contributed by atoms with Crippen LogP contribution in [0.25, 0.3) is 0 Å². The topological polar surface area (TPSA) is 0 Å². The van der Waals surface area contributed by atoms with E-state index in [0.29, 0.717) is 0 Å². The number of hydrogen-bond donors (Lipinski definition) is 0. The number of hydrogen-bond acceptors (Lipinski definition) is 0. The lowest BCUT2D eigenvalue weighted by Crippen LogP contribution is -2.16. The van der Waals surface area contributed by atoms with Crippen molar-refractivity contribution in [1.29, 1.82) is 0 Å². The van der Waals surface area contributed by atoms with Crippen LogP contribution in [0.4, 0.5) is 0 Å². The maximum Gasteiger partial charge on any atom is -0.0323 e. The van der Waals surface area contributed by atoms with Crippen LogP contribution in [0.3, 0.4) is 0 Å². The van der Waals surface area contributed by atoms with Crippen LogP contribution in [-0.2, 0) is 0 Å². The van der Waals surface area contributed by atoms with Crippen LogP contribution in [0.1, 0.15) is 87.0 Å². The summed E-state index contributed by atoms with van der Waals surface area (Å²) < 4.78 is 0. The Morgan fingerprint density at radius 2 is 1.40 bits per heavy atom. The van der Waals surface area contributed by atoms with Crippen molar-refractivity contribution in [2.24, 2.45) is 41.4 Å². The molecule has 1 rings (SSSR count). The SMILES string of the molecule is CCCC(C)C(CC)CC(C)C1C(CC)C1C(C)CC. The molecule has 0 saturated heterocycles. The molecule has 0 radical (unpaired) electrons. The van der Waals surface area contributed by atoms with Gasteiger partial charge in [0, 0.05) is 0 Å². The van der Waals surface area contributed by atoms with Gasteiger partial charge in [-0.1, -0.05) is 80.6 Å². The Morgan fingerprint density at radius 1 is 0.800 bits per heavy atom. The van der Waals surface area contributed by atoms with E-state index in [9.17, 15) is 0 Å². The summed E-state index contributed by atoms with van der Waals surface area (Å²) in [6.07, 6.45) is 8.40. The van der Waals surface area contributed by atoms with E-state index in [-0.39, 0.29) is 0 Å². The molecule has 1 fully saturated rings. The van der Waals surface area contributed by atoms with Crippen molar-refractivity contribution in [3.05, 3.63) is 0 Å². The Hall–Kier alpha value is 0. The lowest BCUT2D eigenvalue weighted by atomic mass is 9.80. The molecule has 0 aromatic rings. The summed E-state index contributed by atoms with van der Waals surface area (Å²) in [7, 11) is 0. The standard InChI is InChI=1S/C20H40/c1-8-12-15(6)17(10-3)13-16(7)20-18(11-4)19(20)14(5)9-2/h14-20H,8-13H2,1-7H3. The number of rotatable bonds is 10. The third-order valence-electron chi connectivity index (χ3n) is 6.47. The second-order valence-electron chi connectivity index (χ2n) is 7.76. The predicted octanol–water partition coefficient (Wildman–Crippen LogP) is 6.79. The fourth-order valence-electron chi connectivity index (χ4n) is 4.97. The molecular weight excluding hydrogens is 240 g/mol. The zero-order valence-corrected chi connectivity index (χ0v) is 15.3. The van der Waals surface area contributed by atoms with Crippen molar-refractivity contribution in [3.8, 4) is 0 Å². The maximum atomic E-state index is 2.55. The summed E-state index contributed by atoms with van der Waals surface area (Å²) >= 11 is 0. The van der Waals surface area contributed by atoms with Gasteiger partial charge in [0.25, 0.3) is 0 Å². The fraction of sp³-hybridized carbons (Fsp3) is 1.00. The van der Waals surface area contributed by atoms with Crippen molar-refractivity contribution in [1.82, 2.24) is 0 Å². The third-order valence-corrected chi connectivity index (χ3v) is 6.47. The Morgan fingerprint density at radius 3 is 1.85 bits per heavy atom. The highest BCUT2D eigenvalue weighted by Crippen LogP contribution is 2.58. The molecular formula is C20H40. The fourth-order valence-corrected chi connectivity index (χ4v) is 4.97. The lowest BCUT2D eigenvalue weighted by Gasteiger charge is -2.26. The zero-order chi connectivity index (χ0) is 15.3. The average Bonchev–Trinajstić information content (AvgIpc) is 3.18. The van der Waals surface area contributed by atoms with Gasteiger partial charge in [-0.25, -0.2) is 0 Å². The summed E-state index contributed by atoms with van der Waals surface area (Å²) in [6.45, 7) is 17.0. The Bertz CT molecular complexity index is 257. The van der Waals surface area contributed by atoms with Crippen molar-refractivity contribution in [3.63, 3.8) is 0 Å². The second kappa shape index (κ2) is 8.44. The maximum absolute atomic E-state index is 2.55. The van der Waals surface area contributed by atoms with Gasteiger partial charge in [-0.3, -0.25) is 0 Å². The molecule has 0 spiro atoms. The molecule has 0 bridgehead atoms. The van der Waals surface area contributed by atoms with Crippen LogP contribution in [-0.4, -0.2) is 0 Å². The zero-order valence-electron chi connectivity index (χ0n) is 15.3. The summed E-state index contributed by atoms with van der Waals surface area (Å²) in [4.78, 5) is 0. The molecule has 120 valence electrons. The average molecular weight is 281 g/mol. The van der Waals surface area contributed by atoms with E-state index < -0.39 is 0 Å². The van der Waals surface area contributed by atoms with Gasteiger partial charge in [0.05, 0.1) is 0 Å². The molecule has 0 N–H and O–H groups in total. The van der Waals surface area contributed by atoms with Crippen LogP contribution in [0.2, 0.25) is 0 Å². The van der Waals surface area contributed by atoms with Crippen LogP contribution in [0.15, 0.2) is 0 Å². The minimum Gasteiger partial charge on any atom is -0.0654 e. The largest absolute Gasteiger partial charge is 0.0654 e. The smallest absolute Gasteiger partial charge is 0.0323 e. The van der Waals surface area contributed by atoms with Gasteiger partial charge in [0.2, 0.25) is 0 Å². The van der Waals surface area contributed by atoms with Crippen LogP contribution >= 0.6 is 0 Å². The summed E-state index contributed by atoms with van der Waals surface area (Å²) in [6, 6.07) is 0. The normalized spacial score (nSPS) is 31.6. The highest BCUT2D eigenvalue weighted by molar-refractivity contribution is 5.00. The summed E-state index contributed by atoms with van der Waals surface area (Å²) in [5.41, 5.74) is 0. The molecule has 0 aromatic heterocycles. The minimum absolute atomic E-state index is 0.924. The molecule has 0 aromatic carbocycles. The van der Waals surface area contributed by atoms with Gasteiger partial charge >= 0.3 is 0 Å². The molecule has 1 aliphatic carbocycles. The molecule has 20 heavy (non-hydrogen) atoms. The van der Waals surface area contributed by atoms with E-state index in [2.05, 4.69) is 48.5 Å². The minimum atomic E-state index is 0.924. The first-order valence-electron chi connectivity index (χ1n) is 9.51. The van der Waals surface area contributed by atoms with Gasteiger partial charge < -0.3 is 0 Å². The van der Waals surface area contributed by atoms with Gasteiger partial charge in [-0.15, -0.1) is 0 Å². The van der Waals surface area contributed by atoms with E-state index in [0.717, 1.165) is 41.4 Å². The van der Waals surface area contributed by atoms with Crippen molar-refractivity contribution >= 4 is 0 Å². The van der Waals surface area contributed by atoms with Crippen molar-refractivity contribution in [2.45, 2.75) is 87.0 Å². The molecule has 1 saturated carbocycles. The Balaban J connectivity index is 2.54. The predicted molar refractivity (Wildman–Crippen MR) is 91.9 cm³/mol. The van der Waals surface area contributed by atoms with E-state index in [1.165, 1.54) is 38.5 Å². The first kappa shape index (κ1) is 18.1. The van der Waals surface area contributed by atoms with Crippen molar-refractivity contribution in [2.75, 3.05) is 0 Å². The summed E-state index contributed by atoms with van der Waals surface area (Å²) in [5.74, 6) is 6.90. The van der Waals surface area contributed by atoms with Crippen molar-refractivity contribution < 1.29 is 0 Å². The van der Waals surface area contributed by atoms with Crippen LogP contribution < -0.4 is 0 Å². The van der Waals surface area contributed by atoms with Gasteiger partial charge in [0.1, 0.15) is 0 Å². The second-order valence-corrected chi connectivity index (χ2v) is 7.76.